The fourth-order valence-electron chi connectivity index (χ4n) is 5.14. The first kappa shape index (κ1) is 23.5. The zero-order valence-corrected chi connectivity index (χ0v) is 20.1. The van der Waals surface area contributed by atoms with Crippen LogP contribution in [-0.2, 0) is 16.1 Å². The number of piperidine rings is 1. The Balaban J connectivity index is 1.43. The number of nitrogens with zero attached hydrogens (tertiary/aromatic N) is 3. The summed E-state index contributed by atoms with van der Waals surface area (Å²) in [4.78, 5) is 39.1. The van der Waals surface area contributed by atoms with E-state index < -0.39 is 11.6 Å². The van der Waals surface area contributed by atoms with Crippen molar-refractivity contribution in [1.82, 2.24) is 25.1 Å². The Morgan fingerprint density at radius 1 is 1.15 bits per heavy atom. The SMILES string of the molecule is CCCCN1C(=O)C(CC(C)C)NC(=O)C12CCN(Cc1c[nH]c(-c3ccccc3)n1)CC2. The number of rotatable bonds is 8. The van der Waals surface area contributed by atoms with Gasteiger partial charge < -0.3 is 15.2 Å². The summed E-state index contributed by atoms with van der Waals surface area (Å²) in [5, 5.41) is 3.08. The second-order valence-corrected chi connectivity index (χ2v) is 9.91. The molecule has 4 rings (SSSR count). The Morgan fingerprint density at radius 2 is 1.88 bits per heavy atom. The number of unbranched alkanes of at least 4 members (excludes halogenated alkanes) is 1. The summed E-state index contributed by atoms with van der Waals surface area (Å²) in [5.41, 5.74) is 1.35. The number of nitrogens with one attached hydrogen (secondary N) is 2. The molecule has 1 unspecified atom stereocenters. The quantitative estimate of drug-likeness (QED) is 0.643. The molecule has 1 spiro atoms. The van der Waals surface area contributed by atoms with Crippen LogP contribution in [0.2, 0.25) is 0 Å². The van der Waals surface area contributed by atoms with E-state index in [1.165, 1.54) is 0 Å². The molecule has 1 atom stereocenters. The zero-order chi connectivity index (χ0) is 23.4. The molecule has 2 fully saturated rings. The monoisotopic (exact) mass is 451 g/mol. The van der Waals surface area contributed by atoms with E-state index in [-0.39, 0.29) is 11.8 Å². The molecule has 2 aromatic rings. The second-order valence-electron chi connectivity index (χ2n) is 9.91. The number of aromatic amines is 1. The number of hydrogen-bond donors (Lipinski definition) is 2. The van der Waals surface area contributed by atoms with Crippen molar-refractivity contribution in [2.75, 3.05) is 19.6 Å². The minimum Gasteiger partial charge on any atom is -0.344 e. The number of H-pyrrole nitrogens is 1. The number of imidazole rings is 1. The van der Waals surface area contributed by atoms with E-state index in [2.05, 4.69) is 36.0 Å². The summed E-state index contributed by atoms with van der Waals surface area (Å²) in [6.07, 6.45) is 5.92. The van der Waals surface area contributed by atoms with Crippen LogP contribution < -0.4 is 5.32 Å². The van der Waals surface area contributed by atoms with Gasteiger partial charge in [0.05, 0.1) is 5.69 Å². The summed E-state index contributed by atoms with van der Waals surface area (Å²) in [6, 6.07) is 9.71. The minimum absolute atomic E-state index is 0.0367. The van der Waals surface area contributed by atoms with E-state index >= 15 is 0 Å². The third kappa shape index (κ3) is 4.98. The first-order valence-corrected chi connectivity index (χ1v) is 12.4. The maximum Gasteiger partial charge on any atom is 0.246 e. The molecule has 2 N–H and O–H groups in total. The molecule has 0 saturated carbocycles. The van der Waals surface area contributed by atoms with Crippen molar-refractivity contribution in [3.8, 4) is 11.4 Å². The van der Waals surface area contributed by atoms with E-state index in [1.54, 1.807) is 0 Å². The van der Waals surface area contributed by atoms with Crippen molar-refractivity contribution in [3.63, 3.8) is 0 Å². The number of piperazine rings is 1. The van der Waals surface area contributed by atoms with Crippen LogP contribution in [0, 0.1) is 5.92 Å². The number of likely N-dealkylation sites (tertiary alicyclic amines) is 1. The van der Waals surface area contributed by atoms with Crippen LogP contribution in [0.25, 0.3) is 11.4 Å². The molecule has 1 aromatic heterocycles. The van der Waals surface area contributed by atoms with Crippen molar-refractivity contribution in [3.05, 3.63) is 42.2 Å². The molecular weight excluding hydrogens is 414 g/mol. The van der Waals surface area contributed by atoms with E-state index in [1.807, 2.05) is 41.4 Å². The Bertz CT molecular complexity index is 947. The van der Waals surface area contributed by atoms with Crippen LogP contribution in [-0.4, -0.2) is 62.8 Å². The molecule has 2 amide bonds. The van der Waals surface area contributed by atoms with Crippen LogP contribution in [0.15, 0.2) is 36.5 Å². The first-order chi connectivity index (χ1) is 15.9. The first-order valence-electron chi connectivity index (χ1n) is 12.4. The Hall–Kier alpha value is -2.67. The van der Waals surface area contributed by atoms with E-state index in [0.29, 0.717) is 31.7 Å². The highest BCUT2D eigenvalue weighted by Crippen LogP contribution is 2.34. The highest BCUT2D eigenvalue weighted by atomic mass is 16.2. The Kier molecular flexibility index (Phi) is 7.17. The van der Waals surface area contributed by atoms with Crippen LogP contribution >= 0.6 is 0 Å². The van der Waals surface area contributed by atoms with E-state index in [4.69, 9.17) is 4.98 Å². The normalized spacial score (nSPS) is 21.1. The maximum absolute atomic E-state index is 13.4. The van der Waals surface area contributed by atoms with Gasteiger partial charge in [0, 0.05) is 37.9 Å². The lowest BCUT2D eigenvalue weighted by Crippen LogP contribution is -2.73. The molecular formula is C26H37N5O2. The predicted octanol–water partition coefficient (Wildman–Crippen LogP) is 3.58. The number of carbonyl (C=O) groups is 2. The summed E-state index contributed by atoms with van der Waals surface area (Å²) < 4.78 is 0. The van der Waals surface area contributed by atoms with Crippen molar-refractivity contribution in [2.24, 2.45) is 5.92 Å². The van der Waals surface area contributed by atoms with Gasteiger partial charge in [0.25, 0.3) is 0 Å². The van der Waals surface area contributed by atoms with Gasteiger partial charge in [0.15, 0.2) is 0 Å². The van der Waals surface area contributed by atoms with E-state index in [0.717, 1.165) is 49.6 Å². The molecule has 2 aliphatic heterocycles. The number of benzene rings is 1. The summed E-state index contributed by atoms with van der Waals surface area (Å²) >= 11 is 0. The van der Waals surface area contributed by atoms with E-state index in [9.17, 15) is 9.59 Å². The molecule has 1 aromatic carbocycles. The Morgan fingerprint density at radius 3 is 2.55 bits per heavy atom. The van der Waals surface area contributed by atoms with Crippen molar-refractivity contribution in [2.45, 2.75) is 71.0 Å². The number of aromatic nitrogens is 2. The molecule has 0 aliphatic carbocycles. The highest BCUT2D eigenvalue weighted by molar-refractivity contribution is 6.00. The lowest BCUT2D eigenvalue weighted by atomic mass is 9.80. The van der Waals surface area contributed by atoms with Gasteiger partial charge in [-0.15, -0.1) is 0 Å². The lowest BCUT2D eigenvalue weighted by molar-refractivity contribution is -0.161. The van der Waals surface area contributed by atoms with Gasteiger partial charge in [0.1, 0.15) is 17.4 Å². The number of hydrogen-bond acceptors (Lipinski definition) is 4. The topological polar surface area (TPSA) is 81.3 Å². The van der Waals surface area contributed by atoms with Crippen molar-refractivity contribution < 1.29 is 9.59 Å². The largest absolute Gasteiger partial charge is 0.344 e. The number of carbonyl (C=O) groups excluding carboxylic acids is 2. The zero-order valence-electron chi connectivity index (χ0n) is 20.1. The average Bonchev–Trinajstić information content (AvgIpc) is 3.28. The Labute approximate surface area is 197 Å². The molecule has 178 valence electrons. The van der Waals surface area contributed by atoms with Crippen LogP contribution in [0.1, 0.15) is 58.6 Å². The van der Waals surface area contributed by atoms with Gasteiger partial charge in [-0.25, -0.2) is 4.98 Å². The molecule has 7 heteroatoms. The van der Waals surface area contributed by atoms with Gasteiger partial charge >= 0.3 is 0 Å². The highest BCUT2D eigenvalue weighted by Gasteiger charge is 2.53. The molecule has 2 aliphatic rings. The van der Waals surface area contributed by atoms with Gasteiger partial charge in [-0.1, -0.05) is 57.5 Å². The van der Waals surface area contributed by atoms with Crippen LogP contribution in [0.5, 0.6) is 0 Å². The smallest absolute Gasteiger partial charge is 0.246 e. The summed E-state index contributed by atoms with van der Waals surface area (Å²) in [6.45, 7) is 9.26. The van der Waals surface area contributed by atoms with Gasteiger partial charge in [-0.2, -0.15) is 0 Å². The third-order valence-electron chi connectivity index (χ3n) is 7.00. The van der Waals surface area contributed by atoms with Crippen molar-refractivity contribution >= 4 is 11.8 Å². The minimum atomic E-state index is -0.711. The van der Waals surface area contributed by atoms with Crippen LogP contribution in [0.3, 0.4) is 0 Å². The van der Waals surface area contributed by atoms with Gasteiger partial charge in [-0.3, -0.25) is 14.5 Å². The third-order valence-corrected chi connectivity index (χ3v) is 7.00. The van der Waals surface area contributed by atoms with Gasteiger partial charge in [0.2, 0.25) is 11.8 Å². The fourth-order valence-corrected chi connectivity index (χ4v) is 5.14. The number of amides is 2. The second kappa shape index (κ2) is 10.1. The summed E-state index contributed by atoms with van der Waals surface area (Å²) in [5.74, 6) is 1.37. The standard InChI is InChI=1S/C26H37N5O2/c1-4-5-13-31-24(32)22(16-19(2)3)29-25(33)26(31)11-14-30(15-12-26)18-21-17-27-23(28-21)20-9-7-6-8-10-20/h6-10,17,19,22H,4-5,11-16,18H2,1-3H3,(H,27,28)(H,29,33). The fraction of sp³-hybridized carbons (Fsp3) is 0.577. The average molecular weight is 452 g/mol. The molecule has 7 nitrogen and oxygen atoms in total. The molecule has 3 heterocycles. The molecule has 33 heavy (non-hydrogen) atoms. The van der Waals surface area contributed by atoms with Crippen molar-refractivity contribution in [1.29, 1.82) is 0 Å². The maximum atomic E-state index is 13.4. The molecule has 2 saturated heterocycles. The van der Waals surface area contributed by atoms with Crippen LogP contribution in [0.4, 0.5) is 0 Å². The molecule has 0 radical (unpaired) electrons. The summed E-state index contributed by atoms with van der Waals surface area (Å²) in [7, 11) is 0. The lowest BCUT2D eigenvalue weighted by Gasteiger charge is -2.52. The predicted molar refractivity (Wildman–Crippen MR) is 129 cm³/mol. The molecule has 0 bridgehead atoms. The van der Waals surface area contributed by atoms with Gasteiger partial charge in [-0.05, 0) is 31.6 Å².